The van der Waals surface area contributed by atoms with Crippen LogP contribution in [0.25, 0.3) is 0 Å². The van der Waals surface area contributed by atoms with Crippen LogP contribution < -0.4 is 5.73 Å². The topological polar surface area (TPSA) is 29.3 Å². The van der Waals surface area contributed by atoms with Gasteiger partial charge in [-0.1, -0.05) is 24.3 Å². The predicted molar refractivity (Wildman–Crippen MR) is 75.6 cm³/mol. The van der Waals surface area contributed by atoms with Crippen LogP contribution >= 0.6 is 0 Å². The van der Waals surface area contributed by atoms with E-state index in [1.807, 2.05) is 0 Å². The number of aryl methyl sites for hydroxylation is 1. The summed E-state index contributed by atoms with van der Waals surface area (Å²) in [5, 5.41) is 0. The molecule has 0 aliphatic carbocycles. The van der Waals surface area contributed by atoms with Gasteiger partial charge in [-0.2, -0.15) is 0 Å². The molecule has 0 radical (unpaired) electrons. The average molecular weight is 244 g/mol. The maximum atomic E-state index is 6.12. The van der Waals surface area contributed by atoms with Crippen LogP contribution in [-0.4, -0.2) is 29.6 Å². The van der Waals surface area contributed by atoms with Gasteiger partial charge in [0.2, 0.25) is 0 Å². The number of piperidine rings is 1. The maximum Gasteiger partial charge on any atom is 0.0114 e. The molecule has 2 bridgehead atoms. The SMILES string of the molecule is Cc1ccccc1CCN1C2CCC1CC(N)C2. The summed E-state index contributed by atoms with van der Waals surface area (Å²) in [6.07, 6.45) is 6.35. The van der Waals surface area contributed by atoms with Crippen molar-refractivity contribution in [3.05, 3.63) is 35.4 Å². The molecule has 2 aliphatic heterocycles. The molecule has 3 rings (SSSR count). The molecule has 2 atom stereocenters. The first-order valence-electron chi connectivity index (χ1n) is 7.30. The quantitative estimate of drug-likeness (QED) is 0.885. The highest BCUT2D eigenvalue weighted by molar-refractivity contribution is 5.25. The molecule has 2 aliphatic rings. The van der Waals surface area contributed by atoms with E-state index in [-0.39, 0.29) is 0 Å². The van der Waals surface area contributed by atoms with E-state index in [1.165, 1.54) is 49.8 Å². The van der Waals surface area contributed by atoms with Crippen LogP contribution in [0.5, 0.6) is 0 Å². The van der Waals surface area contributed by atoms with Crippen molar-refractivity contribution in [1.29, 1.82) is 0 Å². The molecule has 1 aromatic carbocycles. The highest BCUT2D eigenvalue weighted by atomic mass is 15.2. The average Bonchev–Trinajstić information content (AvgIpc) is 2.60. The van der Waals surface area contributed by atoms with E-state index < -0.39 is 0 Å². The molecule has 98 valence electrons. The highest BCUT2D eigenvalue weighted by Gasteiger charge is 2.38. The number of fused-ring (bicyclic) bond motifs is 2. The van der Waals surface area contributed by atoms with Gasteiger partial charge in [0.1, 0.15) is 0 Å². The Balaban J connectivity index is 1.63. The van der Waals surface area contributed by atoms with E-state index in [0.29, 0.717) is 6.04 Å². The Morgan fingerprint density at radius 2 is 1.83 bits per heavy atom. The Bertz CT molecular complexity index is 401. The van der Waals surface area contributed by atoms with Gasteiger partial charge < -0.3 is 5.73 Å². The fraction of sp³-hybridized carbons (Fsp3) is 0.625. The largest absolute Gasteiger partial charge is 0.328 e. The molecule has 0 spiro atoms. The molecule has 2 heteroatoms. The normalized spacial score (nSPS) is 31.8. The van der Waals surface area contributed by atoms with Crippen LogP contribution in [-0.2, 0) is 6.42 Å². The molecule has 2 heterocycles. The molecule has 0 aromatic heterocycles. The van der Waals surface area contributed by atoms with Crippen LogP contribution in [0.15, 0.2) is 24.3 Å². The molecule has 2 nitrogen and oxygen atoms in total. The van der Waals surface area contributed by atoms with Crippen molar-refractivity contribution < 1.29 is 0 Å². The molecule has 2 N–H and O–H groups in total. The standard InChI is InChI=1S/C16H24N2/c1-12-4-2-3-5-13(12)8-9-18-15-6-7-16(18)11-14(17)10-15/h2-5,14-16H,6-11,17H2,1H3. The van der Waals surface area contributed by atoms with Gasteiger partial charge in [0.05, 0.1) is 0 Å². The van der Waals surface area contributed by atoms with Crippen molar-refractivity contribution in [1.82, 2.24) is 4.90 Å². The van der Waals surface area contributed by atoms with E-state index >= 15 is 0 Å². The van der Waals surface area contributed by atoms with Crippen LogP contribution in [0.3, 0.4) is 0 Å². The molecule has 18 heavy (non-hydrogen) atoms. The van der Waals surface area contributed by atoms with Crippen LogP contribution in [0.1, 0.15) is 36.8 Å². The Morgan fingerprint density at radius 3 is 2.50 bits per heavy atom. The molecule has 2 saturated heterocycles. The lowest BCUT2D eigenvalue weighted by Gasteiger charge is -2.37. The zero-order valence-electron chi connectivity index (χ0n) is 11.3. The molecule has 0 saturated carbocycles. The second-order valence-corrected chi connectivity index (χ2v) is 6.03. The van der Waals surface area contributed by atoms with Crippen molar-refractivity contribution in [3.63, 3.8) is 0 Å². The lowest BCUT2D eigenvalue weighted by molar-refractivity contribution is 0.129. The van der Waals surface area contributed by atoms with Gasteiger partial charge in [-0.25, -0.2) is 0 Å². The number of hydrogen-bond acceptors (Lipinski definition) is 2. The van der Waals surface area contributed by atoms with Crippen LogP contribution in [0.2, 0.25) is 0 Å². The fourth-order valence-corrected chi connectivity index (χ4v) is 3.82. The third kappa shape index (κ3) is 2.32. The van der Waals surface area contributed by atoms with Crippen LogP contribution in [0, 0.1) is 6.92 Å². The van der Waals surface area contributed by atoms with E-state index in [4.69, 9.17) is 5.73 Å². The lowest BCUT2D eigenvalue weighted by Crippen LogP contribution is -2.48. The smallest absolute Gasteiger partial charge is 0.0114 e. The summed E-state index contributed by atoms with van der Waals surface area (Å²) in [6.45, 7) is 3.43. The lowest BCUT2D eigenvalue weighted by atomic mass is 9.97. The highest BCUT2D eigenvalue weighted by Crippen LogP contribution is 2.35. The maximum absolute atomic E-state index is 6.12. The Morgan fingerprint density at radius 1 is 1.17 bits per heavy atom. The molecule has 0 amide bonds. The van der Waals surface area contributed by atoms with Crippen molar-refractivity contribution >= 4 is 0 Å². The minimum atomic E-state index is 0.456. The molecular formula is C16H24N2. The van der Waals surface area contributed by atoms with E-state index in [2.05, 4.69) is 36.1 Å². The first kappa shape index (κ1) is 12.2. The van der Waals surface area contributed by atoms with Gasteiger partial charge in [0.15, 0.2) is 0 Å². The van der Waals surface area contributed by atoms with Gasteiger partial charge in [-0.15, -0.1) is 0 Å². The Labute approximate surface area is 110 Å². The zero-order valence-corrected chi connectivity index (χ0v) is 11.3. The summed E-state index contributed by atoms with van der Waals surface area (Å²) in [6, 6.07) is 10.8. The summed E-state index contributed by atoms with van der Waals surface area (Å²) in [5.74, 6) is 0. The van der Waals surface area contributed by atoms with Crippen LogP contribution in [0.4, 0.5) is 0 Å². The summed E-state index contributed by atoms with van der Waals surface area (Å²) in [4.78, 5) is 2.73. The Hall–Kier alpha value is -0.860. The third-order valence-electron chi connectivity index (χ3n) is 4.82. The summed E-state index contributed by atoms with van der Waals surface area (Å²) < 4.78 is 0. The Kier molecular flexibility index (Phi) is 3.40. The number of rotatable bonds is 3. The number of nitrogens with two attached hydrogens (primary N) is 1. The molecule has 1 aromatic rings. The minimum absolute atomic E-state index is 0.456. The molecular weight excluding hydrogens is 220 g/mol. The second kappa shape index (κ2) is 5.02. The van der Waals surface area contributed by atoms with Crippen molar-refractivity contribution in [3.8, 4) is 0 Å². The predicted octanol–water partition coefficient (Wildman–Crippen LogP) is 2.49. The van der Waals surface area contributed by atoms with Crippen molar-refractivity contribution in [2.75, 3.05) is 6.54 Å². The minimum Gasteiger partial charge on any atom is -0.328 e. The van der Waals surface area contributed by atoms with Gasteiger partial charge in [-0.05, 0) is 50.2 Å². The van der Waals surface area contributed by atoms with E-state index in [9.17, 15) is 0 Å². The summed E-state index contributed by atoms with van der Waals surface area (Å²) in [5.41, 5.74) is 9.06. The fourth-order valence-electron chi connectivity index (χ4n) is 3.82. The van der Waals surface area contributed by atoms with Gasteiger partial charge in [0, 0.05) is 24.7 Å². The van der Waals surface area contributed by atoms with Crippen molar-refractivity contribution in [2.45, 2.75) is 57.2 Å². The van der Waals surface area contributed by atoms with Gasteiger partial charge >= 0.3 is 0 Å². The number of nitrogens with zero attached hydrogens (tertiary/aromatic N) is 1. The second-order valence-electron chi connectivity index (χ2n) is 6.03. The van der Waals surface area contributed by atoms with Gasteiger partial charge in [0.25, 0.3) is 0 Å². The summed E-state index contributed by atoms with van der Waals surface area (Å²) >= 11 is 0. The third-order valence-corrected chi connectivity index (χ3v) is 4.82. The van der Waals surface area contributed by atoms with E-state index in [0.717, 1.165) is 12.1 Å². The monoisotopic (exact) mass is 244 g/mol. The first-order chi connectivity index (χ1) is 8.74. The number of hydrogen-bond donors (Lipinski definition) is 1. The summed E-state index contributed by atoms with van der Waals surface area (Å²) in [7, 11) is 0. The van der Waals surface area contributed by atoms with E-state index in [1.54, 1.807) is 0 Å². The molecule has 2 unspecified atom stereocenters. The zero-order chi connectivity index (χ0) is 12.5. The van der Waals surface area contributed by atoms with Crippen molar-refractivity contribution in [2.24, 2.45) is 5.73 Å². The molecule has 2 fully saturated rings. The number of benzene rings is 1. The first-order valence-corrected chi connectivity index (χ1v) is 7.30. The van der Waals surface area contributed by atoms with Gasteiger partial charge in [-0.3, -0.25) is 4.90 Å².